The molecule has 17 heavy (non-hydrogen) atoms. The fraction of sp³-hybridized carbons (Fsp3) is 0.300. The Morgan fingerprint density at radius 1 is 1.41 bits per heavy atom. The van der Waals surface area contributed by atoms with Gasteiger partial charge in [-0.15, -0.1) is 8.78 Å². The molecule has 0 bridgehead atoms. The number of esters is 1. The van der Waals surface area contributed by atoms with E-state index < -0.39 is 12.3 Å². The summed E-state index contributed by atoms with van der Waals surface area (Å²) in [5, 5.41) is 0. The Morgan fingerprint density at radius 2 is 2.00 bits per heavy atom. The third-order valence-corrected chi connectivity index (χ3v) is 2.64. The molecule has 0 aromatic heterocycles. The van der Waals surface area contributed by atoms with Gasteiger partial charge in [0.1, 0.15) is 0 Å². The van der Waals surface area contributed by atoms with Gasteiger partial charge in [-0.1, -0.05) is 0 Å². The molecule has 0 radical (unpaired) electrons. The zero-order chi connectivity index (χ0) is 12.6. The molecule has 1 aromatic carbocycles. The molecular weight excluding hydrogens is 302 g/mol. The van der Waals surface area contributed by atoms with Gasteiger partial charge in [0.25, 0.3) is 0 Å². The first-order valence-corrected chi connectivity index (χ1v) is 5.49. The van der Waals surface area contributed by atoms with Gasteiger partial charge in [-0.3, -0.25) is 0 Å². The molecular formula is C10H7BrF2O4. The molecule has 0 saturated carbocycles. The van der Waals surface area contributed by atoms with Gasteiger partial charge < -0.3 is 14.2 Å². The van der Waals surface area contributed by atoms with Crippen LogP contribution in [0.3, 0.4) is 0 Å². The fourth-order valence-electron chi connectivity index (χ4n) is 1.34. The number of carbonyl (C=O) groups is 1. The smallest absolute Gasteiger partial charge is 0.462 e. The number of rotatable bonds is 2. The lowest BCUT2D eigenvalue weighted by Crippen LogP contribution is -2.25. The van der Waals surface area contributed by atoms with Gasteiger partial charge in [0.2, 0.25) is 0 Å². The highest BCUT2D eigenvalue weighted by Crippen LogP contribution is 2.43. The van der Waals surface area contributed by atoms with Crippen LogP contribution in [0.25, 0.3) is 0 Å². The van der Waals surface area contributed by atoms with E-state index in [-0.39, 0.29) is 23.7 Å². The van der Waals surface area contributed by atoms with E-state index in [1.165, 1.54) is 6.07 Å². The maximum absolute atomic E-state index is 12.8. The van der Waals surface area contributed by atoms with E-state index in [0.717, 1.165) is 6.07 Å². The highest BCUT2D eigenvalue weighted by molar-refractivity contribution is 9.10. The van der Waals surface area contributed by atoms with Crippen molar-refractivity contribution in [2.24, 2.45) is 0 Å². The van der Waals surface area contributed by atoms with Crippen molar-refractivity contribution < 1.29 is 27.8 Å². The van der Waals surface area contributed by atoms with Crippen LogP contribution in [0.15, 0.2) is 16.6 Å². The Kier molecular flexibility index (Phi) is 2.94. The first-order valence-electron chi connectivity index (χ1n) is 4.69. The largest absolute Gasteiger partial charge is 0.586 e. The third kappa shape index (κ3) is 2.33. The van der Waals surface area contributed by atoms with Crippen LogP contribution in [0.2, 0.25) is 0 Å². The molecule has 0 atom stereocenters. The second-order valence-electron chi connectivity index (χ2n) is 3.17. The molecule has 0 unspecified atom stereocenters. The molecule has 0 fully saturated rings. The highest BCUT2D eigenvalue weighted by Gasteiger charge is 2.44. The normalized spacial score (nSPS) is 15.8. The second kappa shape index (κ2) is 4.14. The Bertz CT molecular complexity index is 476. The molecule has 4 nitrogen and oxygen atoms in total. The summed E-state index contributed by atoms with van der Waals surface area (Å²) in [4.78, 5) is 11.5. The summed E-state index contributed by atoms with van der Waals surface area (Å²) in [6.07, 6.45) is -3.70. The van der Waals surface area contributed by atoms with Gasteiger partial charge in [0.05, 0.1) is 12.2 Å². The summed E-state index contributed by atoms with van der Waals surface area (Å²) in [6.45, 7) is 1.84. The van der Waals surface area contributed by atoms with Gasteiger partial charge in [-0.2, -0.15) is 0 Å². The van der Waals surface area contributed by atoms with Crippen molar-refractivity contribution in [2.45, 2.75) is 13.2 Å². The standard InChI is InChI=1S/C10H7BrF2O4/c1-2-15-9(14)5-3-7-8(4-6(5)11)17-10(12,13)16-7/h3-4H,2H2,1H3. The van der Waals surface area contributed by atoms with Gasteiger partial charge >= 0.3 is 12.3 Å². The lowest BCUT2D eigenvalue weighted by molar-refractivity contribution is -0.286. The predicted octanol–water partition coefficient (Wildman–Crippen LogP) is 2.95. The lowest BCUT2D eigenvalue weighted by atomic mass is 10.2. The van der Waals surface area contributed by atoms with Crippen LogP contribution in [-0.2, 0) is 4.74 Å². The molecule has 0 aliphatic carbocycles. The molecule has 2 rings (SSSR count). The summed E-state index contributed by atoms with van der Waals surface area (Å²) >= 11 is 3.08. The van der Waals surface area contributed by atoms with Gasteiger partial charge in [-0.05, 0) is 28.9 Å². The van der Waals surface area contributed by atoms with Crippen LogP contribution >= 0.6 is 15.9 Å². The van der Waals surface area contributed by atoms with Crippen molar-refractivity contribution in [3.8, 4) is 11.5 Å². The first-order chi connectivity index (χ1) is 7.93. The Hall–Kier alpha value is -1.37. The van der Waals surface area contributed by atoms with Crippen molar-refractivity contribution in [1.82, 2.24) is 0 Å². The zero-order valence-corrected chi connectivity index (χ0v) is 10.2. The lowest BCUT2D eigenvalue weighted by Gasteiger charge is -2.05. The van der Waals surface area contributed by atoms with E-state index >= 15 is 0 Å². The summed E-state index contributed by atoms with van der Waals surface area (Å²) in [5.74, 6) is -0.947. The molecule has 7 heteroatoms. The van der Waals surface area contributed by atoms with Gasteiger partial charge in [0.15, 0.2) is 11.5 Å². The average molecular weight is 309 g/mol. The van der Waals surface area contributed by atoms with Gasteiger partial charge in [-0.25, -0.2) is 4.79 Å². The SMILES string of the molecule is CCOC(=O)c1cc2c(cc1Br)OC(F)(F)O2. The van der Waals surface area contributed by atoms with Crippen molar-refractivity contribution in [3.63, 3.8) is 0 Å². The number of halogens is 3. The van der Waals surface area contributed by atoms with Crippen molar-refractivity contribution in [3.05, 3.63) is 22.2 Å². The van der Waals surface area contributed by atoms with E-state index in [9.17, 15) is 13.6 Å². The summed E-state index contributed by atoms with van der Waals surface area (Å²) in [5.41, 5.74) is 0.104. The molecule has 1 aliphatic rings. The van der Waals surface area contributed by atoms with Crippen LogP contribution in [0, 0.1) is 0 Å². The molecule has 0 amide bonds. The molecule has 1 aromatic rings. The Balaban J connectivity index is 2.37. The number of benzene rings is 1. The minimum atomic E-state index is -3.70. The van der Waals surface area contributed by atoms with Crippen LogP contribution in [-0.4, -0.2) is 18.9 Å². The van der Waals surface area contributed by atoms with Crippen molar-refractivity contribution in [2.75, 3.05) is 6.61 Å². The third-order valence-electron chi connectivity index (χ3n) is 1.99. The molecule has 0 N–H and O–H groups in total. The predicted molar refractivity (Wildman–Crippen MR) is 56.3 cm³/mol. The first kappa shape index (κ1) is 12.1. The summed E-state index contributed by atoms with van der Waals surface area (Å²) < 4.78 is 39.1. The molecule has 1 aliphatic heterocycles. The number of ether oxygens (including phenoxy) is 3. The zero-order valence-electron chi connectivity index (χ0n) is 8.63. The van der Waals surface area contributed by atoms with E-state index in [2.05, 4.69) is 25.4 Å². The maximum atomic E-state index is 12.8. The van der Waals surface area contributed by atoms with Crippen LogP contribution < -0.4 is 9.47 Å². The van der Waals surface area contributed by atoms with Gasteiger partial charge in [0, 0.05) is 10.5 Å². The van der Waals surface area contributed by atoms with Crippen LogP contribution in [0.1, 0.15) is 17.3 Å². The number of hydrogen-bond donors (Lipinski definition) is 0. The molecule has 0 saturated heterocycles. The topological polar surface area (TPSA) is 44.8 Å². The van der Waals surface area contributed by atoms with Crippen molar-refractivity contribution in [1.29, 1.82) is 0 Å². The molecule has 0 spiro atoms. The van der Waals surface area contributed by atoms with Crippen LogP contribution in [0.5, 0.6) is 11.5 Å². The summed E-state index contributed by atoms with van der Waals surface area (Å²) in [6, 6.07) is 2.39. The van der Waals surface area contributed by atoms with E-state index in [1.807, 2.05) is 0 Å². The minimum Gasteiger partial charge on any atom is -0.462 e. The number of fused-ring (bicyclic) bond motifs is 1. The Labute approximate surface area is 104 Å². The number of hydrogen-bond acceptors (Lipinski definition) is 4. The van der Waals surface area contributed by atoms with E-state index in [1.54, 1.807) is 6.92 Å². The second-order valence-corrected chi connectivity index (χ2v) is 4.02. The monoisotopic (exact) mass is 308 g/mol. The highest BCUT2D eigenvalue weighted by atomic mass is 79.9. The van der Waals surface area contributed by atoms with Crippen molar-refractivity contribution >= 4 is 21.9 Å². The number of alkyl halides is 2. The molecule has 92 valence electrons. The maximum Gasteiger partial charge on any atom is 0.586 e. The minimum absolute atomic E-state index is 0.104. The van der Waals surface area contributed by atoms with E-state index in [0.29, 0.717) is 4.47 Å². The fourth-order valence-corrected chi connectivity index (χ4v) is 1.82. The molecule has 1 heterocycles. The van der Waals surface area contributed by atoms with E-state index in [4.69, 9.17) is 4.74 Å². The average Bonchev–Trinajstić information content (AvgIpc) is 2.50. The van der Waals surface area contributed by atoms with Crippen LogP contribution in [0.4, 0.5) is 8.78 Å². The quantitative estimate of drug-likeness (QED) is 0.788. The Morgan fingerprint density at radius 3 is 2.59 bits per heavy atom. The number of carbonyl (C=O) groups excluding carboxylic acids is 1. The summed E-state index contributed by atoms with van der Waals surface area (Å²) in [7, 11) is 0.